The third-order valence-electron chi connectivity index (χ3n) is 3.70. The number of nitrogens with zero attached hydrogens (tertiary/aromatic N) is 2. The summed E-state index contributed by atoms with van der Waals surface area (Å²) in [4.78, 5) is 17.8. The van der Waals surface area contributed by atoms with Crippen LogP contribution in [0.15, 0.2) is 24.4 Å². The summed E-state index contributed by atoms with van der Waals surface area (Å²) in [5, 5.41) is 9.46. The first-order valence-corrected chi connectivity index (χ1v) is 6.37. The first-order chi connectivity index (χ1) is 8.50. The number of aliphatic carboxylic acids is 1. The molecule has 1 aliphatic rings. The van der Waals surface area contributed by atoms with Crippen LogP contribution < -0.4 is 0 Å². The second kappa shape index (κ2) is 5.06. The Labute approximate surface area is 108 Å². The van der Waals surface area contributed by atoms with Gasteiger partial charge in [0.2, 0.25) is 0 Å². The predicted octanol–water partition coefficient (Wildman–Crippen LogP) is 2.16. The second-order valence-electron chi connectivity index (χ2n) is 5.62. The van der Waals surface area contributed by atoms with Crippen molar-refractivity contribution in [2.24, 2.45) is 5.41 Å². The van der Waals surface area contributed by atoms with Gasteiger partial charge in [0.25, 0.3) is 0 Å². The van der Waals surface area contributed by atoms with E-state index in [-0.39, 0.29) is 5.41 Å². The average Bonchev–Trinajstić information content (AvgIpc) is 2.28. The maximum atomic E-state index is 11.5. The number of hydrogen-bond donors (Lipinski definition) is 1. The van der Waals surface area contributed by atoms with Crippen molar-refractivity contribution in [1.29, 1.82) is 0 Å². The molecule has 1 saturated heterocycles. The van der Waals surface area contributed by atoms with E-state index in [1.54, 1.807) is 6.20 Å². The first-order valence-electron chi connectivity index (χ1n) is 6.37. The van der Waals surface area contributed by atoms with Crippen LogP contribution >= 0.6 is 0 Å². The summed E-state index contributed by atoms with van der Waals surface area (Å²) in [6.45, 7) is 5.52. The standard InChI is InChI=1S/C14H20N2O2/c1-14(2)7-5-9-16(12(14)13(17)18)10-11-6-3-4-8-15-11/h3-4,6,8,12H,5,7,9-10H2,1-2H3,(H,17,18). The van der Waals surface area contributed by atoms with Gasteiger partial charge in [0.05, 0.1) is 5.69 Å². The highest BCUT2D eigenvalue weighted by atomic mass is 16.4. The average molecular weight is 248 g/mol. The maximum Gasteiger partial charge on any atom is 0.321 e. The van der Waals surface area contributed by atoms with Gasteiger partial charge in [0, 0.05) is 12.7 Å². The number of aromatic nitrogens is 1. The van der Waals surface area contributed by atoms with Crippen molar-refractivity contribution in [2.75, 3.05) is 6.54 Å². The van der Waals surface area contributed by atoms with Gasteiger partial charge in [-0.1, -0.05) is 19.9 Å². The molecule has 0 bridgehead atoms. The number of carboxylic acid groups (broad SMARTS) is 1. The van der Waals surface area contributed by atoms with Gasteiger partial charge in [-0.25, -0.2) is 0 Å². The summed E-state index contributed by atoms with van der Waals surface area (Å²) in [5.41, 5.74) is 0.750. The number of piperidine rings is 1. The Hall–Kier alpha value is -1.42. The molecule has 1 atom stereocenters. The van der Waals surface area contributed by atoms with Gasteiger partial charge < -0.3 is 5.11 Å². The lowest BCUT2D eigenvalue weighted by Crippen LogP contribution is -2.53. The quantitative estimate of drug-likeness (QED) is 0.890. The second-order valence-corrected chi connectivity index (χ2v) is 5.62. The van der Waals surface area contributed by atoms with Crippen molar-refractivity contribution in [2.45, 2.75) is 39.3 Å². The zero-order chi connectivity index (χ0) is 13.2. The number of hydrogen-bond acceptors (Lipinski definition) is 3. The first kappa shape index (κ1) is 13.0. The lowest BCUT2D eigenvalue weighted by atomic mass is 9.76. The number of pyridine rings is 1. The van der Waals surface area contributed by atoms with Crippen molar-refractivity contribution < 1.29 is 9.90 Å². The van der Waals surface area contributed by atoms with Gasteiger partial charge in [-0.2, -0.15) is 0 Å². The van der Waals surface area contributed by atoms with Crippen LogP contribution in [0, 0.1) is 5.41 Å². The lowest BCUT2D eigenvalue weighted by Gasteiger charge is -2.43. The van der Waals surface area contributed by atoms with Crippen LogP contribution in [-0.4, -0.2) is 33.5 Å². The Kier molecular flexibility index (Phi) is 3.66. The molecule has 1 aromatic rings. The van der Waals surface area contributed by atoms with Crippen LogP contribution in [0.25, 0.3) is 0 Å². The minimum Gasteiger partial charge on any atom is -0.480 e. The molecule has 0 radical (unpaired) electrons. The molecule has 1 aromatic heterocycles. The Morgan fingerprint density at radius 3 is 2.94 bits per heavy atom. The lowest BCUT2D eigenvalue weighted by molar-refractivity contribution is -0.151. The Morgan fingerprint density at radius 1 is 1.56 bits per heavy atom. The van der Waals surface area contributed by atoms with Gasteiger partial charge in [0.15, 0.2) is 0 Å². The molecule has 0 saturated carbocycles. The number of likely N-dealkylation sites (tertiary alicyclic amines) is 1. The maximum absolute atomic E-state index is 11.5. The van der Waals surface area contributed by atoms with Crippen molar-refractivity contribution in [3.05, 3.63) is 30.1 Å². The minimum atomic E-state index is -0.726. The highest BCUT2D eigenvalue weighted by molar-refractivity contribution is 5.74. The topological polar surface area (TPSA) is 53.4 Å². The highest BCUT2D eigenvalue weighted by Crippen LogP contribution is 2.35. The fourth-order valence-corrected chi connectivity index (χ4v) is 2.86. The molecule has 0 spiro atoms. The molecular weight excluding hydrogens is 228 g/mol. The van der Waals surface area contributed by atoms with Crippen LogP contribution in [0.1, 0.15) is 32.4 Å². The summed E-state index contributed by atoms with van der Waals surface area (Å²) in [6.07, 6.45) is 3.76. The normalized spacial score (nSPS) is 23.8. The Bertz CT molecular complexity index is 417. The van der Waals surface area contributed by atoms with Gasteiger partial charge >= 0.3 is 5.97 Å². The molecule has 2 rings (SSSR count). The summed E-state index contributed by atoms with van der Waals surface area (Å²) in [7, 11) is 0. The van der Waals surface area contributed by atoms with E-state index in [2.05, 4.69) is 4.98 Å². The Balaban J connectivity index is 2.17. The zero-order valence-corrected chi connectivity index (χ0v) is 11.0. The summed E-state index contributed by atoms with van der Waals surface area (Å²) in [5.74, 6) is -0.726. The summed E-state index contributed by atoms with van der Waals surface area (Å²) >= 11 is 0. The van der Waals surface area contributed by atoms with Crippen LogP contribution in [0.5, 0.6) is 0 Å². The van der Waals surface area contributed by atoms with E-state index in [4.69, 9.17) is 0 Å². The summed E-state index contributed by atoms with van der Waals surface area (Å²) in [6, 6.07) is 5.33. The molecule has 0 amide bonds. The van der Waals surface area contributed by atoms with Crippen LogP contribution in [0.4, 0.5) is 0 Å². The van der Waals surface area contributed by atoms with Gasteiger partial charge in [-0.3, -0.25) is 14.7 Å². The monoisotopic (exact) mass is 248 g/mol. The van der Waals surface area contributed by atoms with E-state index in [1.165, 1.54) is 0 Å². The van der Waals surface area contributed by atoms with E-state index >= 15 is 0 Å². The molecule has 1 aliphatic heterocycles. The van der Waals surface area contributed by atoms with E-state index in [0.717, 1.165) is 25.1 Å². The molecule has 1 unspecified atom stereocenters. The highest BCUT2D eigenvalue weighted by Gasteiger charge is 2.42. The van der Waals surface area contributed by atoms with Crippen LogP contribution in [-0.2, 0) is 11.3 Å². The van der Waals surface area contributed by atoms with Crippen LogP contribution in [0.2, 0.25) is 0 Å². The van der Waals surface area contributed by atoms with Crippen molar-refractivity contribution >= 4 is 5.97 Å². The molecule has 98 valence electrons. The van der Waals surface area contributed by atoms with Crippen LogP contribution in [0.3, 0.4) is 0 Å². The molecule has 1 fully saturated rings. The molecule has 2 heterocycles. The third-order valence-corrected chi connectivity index (χ3v) is 3.70. The van der Waals surface area contributed by atoms with Gasteiger partial charge in [-0.05, 0) is 36.9 Å². The van der Waals surface area contributed by atoms with Crippen molar-refractivity contribution in [1.82, 2.24) is 9.88 Å². The van der Waals surface area contributed by atoms with E-state index in [0.29, 0.717) is 6.54 Å². The van der Waals surface area contributed by atoms with Gasteiger partial charge in [-0.15, -0.1) is 0 Å². The van der Waals surface area contributed by atoms with E-state index in [1.807, 2.05) is 36.9 Å². The fourth-order valence-electron chi connectivity index (χ4n) is 2.86. The smallest absolute Gasteiger partial charge is 0.321 e. The van der Waals surface area contributed by atoms with Crippen molar-refractivity contribution in [3.8, 4) is 0 Å². The van der Waals surface area contributed by atoms with E-state index in [9.17, 15) is 9.90 Å². The van der Waals surface area contributed by atoms with E-state index < -0.39 is 12.0 Å². The molecule has 0 aliphatic carbocycles. The molecule has 0 aromatic carbocycles. The molecule has 18 heavy (non-hydrogen) atoms. The Morgan fingerprint density at radius 2 is 2.33 bits per heavy atom. The van der Waals surface area contributed by atoms with Gasteiger partial charge in [0.1, 0.15) is 6.04 Å². The molecular formula is C14H20N2O2. The zero-order valence-electron chi connectivity index (χ0n) is 11.0. The SMILES string of the molecule is CC1(C)CCCN(Cc2ccccn2)C1C(=O)O. The number of carboxylic acids is 1. The van der Waals surface area contributed by atoms with Crippen molar-refractivity contribution in [3.63, 3.8) is 0 Å². The third kappa shape index (κ3) is 2.70. The molecule has 4 heteroatoms. The predicted molar refractivity (Wildman–Crippen MR) is 69.1 cm³/mol. The molecule has 4 nitrogen and oxygen atoms in total. The summed E-state index contributed by atoms with van der Waals surface area (Å²) < 4.78 is 0. The minimum absolute atomic E-state index is 0.182. The molecule has 1 N–H and O–H groups in total. The largest absolute Gasteiger partial charge is 0.480 e. The number of carbonyl (C=O) groups is 1. The number of rotatable bonds is 3. The fraction of sp³-hybridized carbons (Fsp3) is 0.571.